The number of aromatic nitrogens is 2. The molecule has 1 aliphatic carbocycles. The van der Waals surface area contributed by atoms with E-state index >= 15 is 0 Å². The summed E-state index contributed by atoms with van der Waals surface area (Å²) in [5, 5.41) is 6.50. The first-order valence-corrected chi connectivity index (χ1v) is 9.97. The average Bonchev–Trinajstić information content (AvgIpc) is 3.46. The largest absolute Gasteiger partial charge is 0.573 e. The highest BCUT2D eigenvalue weighted by atomic mass is 127. The summed E-state index contributed by atoms with van der Waals surface area (Å²) in [7, 11) is 0. The Kier molecular flexibility index (Phi) is 5.48. The maximum atomic E-state index is 12.6. The van der Waals surface area contributed by atoms with E-state index in [1.165, 1.54) is 18.2 Å². The molecular weight excluding hydrogens is 496 g/mol. The smallest absolute Gasteiger partial charge is 0.406 e. The number of halogens is 4. The minimum atomic E-state index is -4.75. The summed E-state index contributed by atoms with van der Waals surface area (Å²) in [6.45, 7) is 0. The van der Waals surface area contributed by atoms with E-state index in [4.69, 9.17) is 0 Å². The Balaban J connectivity index is 1.69. The van der Waals surface area contributed by atoms with Crippen LogP contribution in [0.2, 0.25) is 0 Å². The lowest BCUT2D eigenvalue weighted by Crippen LogP contribution is -2.17. The van der Waals surface area contributed by atoms with E-state index in [-0.39, 0.29) is 5.75 Å². The minimum absolute atomic E-state index is 0.294. The van der Waals surface area contributed by atoms with E-state index in [1.807, 2.05) is 24.3 Å². The zero-order chi connectivity index (χ0) is 20.4. The summed E-state index contributed by atoms with van der Waals surface area (Å²) < 4.78 is 42.7. The molecule has 29 heavy (non-hydrogen) atoms. The number of rotatable bonds is 6. The predicted octanol–water partition coefficient (Wildman–Crippen LogP) is 5.96. The molecule has 3 aromatic rings. The number of nitrogens with one attached hydrogen (secondary N) is 2. The first-order valence-electron chi connectivity index (χ1n) is 8.89. The lowest BCUT2D eigenvalue weighted by Gasteiger charge is -2.13. The van der Waals surface area contributed by atoms with Crippen molar-refractivity contribution in [1.82, 2.24) is 9.97 Å². The third-order valence-electron chi connectivity index (χ3n) is 4.14. The molecule has 1 fully saturated rings. The molecule has 0 unspecified atom stereocenters. The van der Waals surface area contributed by atoms with Crippen LogP contribution in [0.5, 0.6) is 5.75 Å². The topological polar surface area (TPSA) is 59.1 Å². The van der Waals surface area contributed by atoms with Gasteiger partial charge in [-0.25, -0.2) is 4.98 Å². The van der Waals surface area contributed by atoms with E-state index in [0.717, 1.165) is 22.1 Å². The minimum Gasteiger partial charge on any atom is -0.406 e. The van der Waals surface area contributed by atoms with Gasteiger partial charge in [-0.2, -0.15) is 4.98 Å². The number of hydrogen-bond donors (Lipinski definition) is 2. The summed E-state index contributed by atoms with van der Waals surface area (Å²) in [5.74, 6) is 0.683. The molecule has 0 saturated heterocycles. The van der Waals surface area contributed by atoms with Crippen LogP contribution in [0.4, 0.5) is 30.6 Å². The first-order chi connectivity index (χ1) is 13.9. The molecule has 2 aromatic carbocycles. The monoisotopic (exact) mass is 512 g/mol. The molecule has 1 saturated carbocycles. The zero-order valence-corrected chi connectivity index (χ0v) is 17.2. The fraction of sp³-hybridized carbons (Fsp3) is 0.200. The van der Waals surface area contributed by atoms with E-state index in [2.05, 4.69) is 47.9 Å². The molecule has 0 radical (unpaired) electrons. The molecule has 2 N–H and O–H groups in total. The highest BCUT2D eigenvalue weighted by Gasteiger charge is 2.31. The molecule has 0 spiro atoms. The molecule has 5 nitrogen and oxygen atoms in total. The van der Waals surface area contributed by atoms with Crippen molar-refractivity contribution in [2.45, 2.75) is 25.2 Å². The van der Waals surface area contributed by atoms with Gasteiger partial charge in [0, 0.05) is 21.2 Å². The third-order valence-corrected chi connectivity index (χ3v) is 5.08. The number of ether oxygens (including phenoxy) is 1. The van der Waals surface area contributed by atoms with E-state index in [9.17, 15) is 13.2 Å². The number of para-hydroxylation sites is 1. The van der Waals surface area contributed by atoms with Crippen LogP contribution >= 0.6 is 22.6 Å². The van der Waals surface area contributed by atoms with Crippen LogP contribution in [0.3, 0.4) is 0 Å². The Hall–Kier alpha value is -2.56. The molecular formula is C20H16F3IN4O. The molecule has 1 heterocycles. The van der Waals surface area contributed by atoms with Gasteiger partial charge in [-0.05, 0) is 59.7 Å². The van der Waals surface area contributed by atoms with Crippen molar-refractivity contribution in [3.8, 4) is 17.0 Å². The number of benzene rings is 2. The Morgan fingerprint density at radius 3 is 2.52 bits per heavy atom. The highest BCUT2D eigenvalue weighted by Crippen LogP contribution is 2.31. The van der Waals surface area contributed by atoms with Crippen LogP contribution in [-0.4, -0.2) is 22.4 Å². The van der Waals surface area contributed by atoms with Crippen molar-refractivity contribution in [3.63, 3.8) is 0 Å². The lowest BCUT2D eigenvalue weighted by atomic mass is 10.1. The van der Waals surface area contributed by atoms with E-state index in [0.29, 0.717) is 29.1 Å². The van der Waals surface area contributed by atoms with Gasteiger partial charge in [-0.15, -0.1) is 13.2 Å². The van der Waals surface area contributed by atoms with Gasteiger partial charge in [0.1, 0.15) is 11.6 Å². The zero-order valence-electron chi connectivity index (χ0n) is 15.0. The molecule has 150 valence electrons. The van der Waals surface area contributed by atoms with Crippen molar-refractivity contribution in [1.29, 1.82) is 0 Å². The van der Waals surface area contributed by atoms with Gasteiger partial charge < -0.3 is 15.4 Å². The molecule has 9 heteroatoms. The maximum absolute atomic E-state index is 12.6. The standard InChI is InChI=1S/C20H16F3IN4O/c21-20(22,23)29-14-5-3-4-12(10-14)17-11-18(26-16-7-2-1-6-15(16)24)28-19(27-17)25-13-8-9-13/h1-7,10-11,13H,8-9H2,(H2,25,26,27,28). The maximum Gasteiger partial charge on any atom is 0.573 e. The van der Waals surface area contributed by atoms with Gasteiger partial charge in [0.2, 0.25) is 5.95 Å². The summed E-state index contributed by atoms with van der Waals surface area (Å²) in [6, 6.07) is 15.5. The summed E-state index contributed by atoms with van der Waals surface area (Å²) in [6.07, 6.45) is -2.66. The van der Waals surface area contributed by atoms with Crippen molar-refractivity contribution in [2.24, 2.45) is 0 Å². The van der Waals surface area contributed by atoms with Crippen molar-refractivity contribution >= 4 is 40.0 Å². The Morgan fingerprint density at radius 1 is 1.00 bits per heavy atom. The quantitative estimate of drug-likeness (QED) is 0.399. The van der Waals surface area contributed by atoms with E-state index < -0.39 is 6.36 Å². The van der Waals surface area contributed by atoms with Gasteiger partial charge in [0.25, 0.3) is 0 Å². The van der Waals surface area contributed by atoms with Gasteiger partial charge in [0.15, 0.2) is 0 Å². The molecule has 0 atom stereocenters. The summed E-state index contributed by atoms with van der Waals surface area (Å²) in [4.78, 5) is 8.99. The Morgan fingerprint density at radius 2 is 1.79 bits per heavy atom. The summed E-state index contributed by atoms with van der Waals surface area (Å²) >= 11 is 2.22. The second-order valence-corrected chi connectivity index (χ2v) is 7.72. The number of hydrogen-bond acceptors (Lipinski definition) is 5. The van der Waals surface area contributed by atoms with Gasteiger partial charge in [-0.3, -0.25) is 0 Å². The Labute approximate surface area is 178 Å². The van der Waals surface area contributed by atoms with Crippen LogP contribution in [0.25, 0.3) is 11.3 Å². The molecule has 1 aromatic heterocycles. The molecule has 0 aliphatic heterocycles. The molecule has 0 bridgehead atoms. The normalized spacial score (nSPS) is 13.8. The van der Waals surface area contributed by atoms with Crippen LogP contribution in [0.1, 0.15) is 12.8 Å². The molecule has 4 rings (SSSR count). The fourth-order valence-corrected chi connectivity index (χ4v) is 3.21. The summed E-state index contributed by atoms with van der Waals surface area (Å²) in [5.41, 5.74) is 1.87. The van der Waals surface area contributed by atoms with Crippen molar-refractivity contribution in [3.05, 3.63) is 58.2 Å². The second kappa shape index (κ2) is 8.05. The molecule has 1 aliphatic rings. The predicted molar refractivity (Wildman–Crippen MR) is 113 cm³/mol. The fourth-order valence-electron chi connectivity index (χ4n) is 2.69. The number of anilines is 3. The van der Waals surface area contributed by atoms with Crippen molar-refractivity contribution in [2.75, 3.05) is 10.6 Å². The Bertz CT molecular complexity index is 1020. The van der Waals surface area contributed by atoms with Gasteiger partial charge in [0.05, 0.1) is 11.4 Å². The van der Waals surface area contributed by atoms with E-state index in [1.54, 1.807) is 12.1 Å². The van der Waals surface area contributed by atoms with Crippen LogP contribution in [0.15, 0.2) is 54.6 Å². The van der Waals surface area contributed by atoms with Gasteiger partial charge in [-0.1, -0.05) is 24.3 Å². The van der Waals surface area contributed by atoms with Crippen LogP contribution in [-0.2, 0) is 0 Å². The second-order valence-electron chi connectivity index (χ2n) is 6.56. The third kappa shape index (κ3) is 5.49. The van der Waals surface area contributed by atoms with Crippen molar-refractivity contribution < 1.29 is 17.9 Å². The SMILES string of the molecule is FC(F)(F)Oc1cccc(-c2cc(Nc3ccccc3I)nc(NC3CC3)n2)c1. The first kappa shape index (κ1) is 19.7. The highest BCUT2D eigenvalue weighted by molar-refractivity contribution is 14.1. The lowest BCUT2D eigenvalue weighted by molar-refractivity contribution is -0.274. The molecule has 0 amide bonds. The van der Waals surface area contributed by atoms with Gasteiger partial charge >= 0.3 is 6.36 Å². The van der Waals surface area contributed by atoms with Crippen LogP contribution in [0, 0.1) is 3.57 Å². The number of nitrogens with zero attached hydrogens (tertiary/aromatic N) is 2. The number of alkyl halides is 3. The van der Waals surface area contributed by atoms with Crippen LogP contribution < -0.4 is 15.4 Å². The average molecular weight is 512 g/mol.